The molecule has 43 heteroatoms. The summed E-state index contributed by atoms with van der Waals surface area (Å²) in [7, 11) is 8.02. The van der Waals surface area contributed by atoms with Crippen molar-refractivity contribution in [2.45, 2.75) is 96.2 Å². The van der Waals surface area contributed by atoms with E-state index < -0.39 is 52.9 Å². The fraction of sp³-hybridized carbons (Fsp3) is 0.494. The molecule has 0 radical (unpaired) electrons. The van der Waals surface area contributed by atoms with Crippen molar-refractivity contribution in [3.63, 3.8) is 0 Å². The van der Waals surface area contributed by atoms with Gasteiger partial charge in [-0.25, -0.2) is 15.0 Å². The van der Waals surface area contributed by atoms with E-state index in [2.05, 4.69) is 112 Å². The van der Waals surface area contributed by atoms with Crippen LogP contribution >= 0.6 is 22.9 Å². The number of aliphatic imine (C=N–C) groups is 1. The van der Waals surface area contributed by atoms with Gasteiger partial charge in [-0.2, -0.15) is 0 Å². The quantitative estimate of drug-likeness (QED) is 0.0244. The van der Waals surface area contributed by atoms with Gasteiger partial charge in [0, 0.05) is 178 Å². The van der Waals surface area contributed by atoms with Crippen LogP contribution in [0.15, 0.2) is 78.6 Å². The fourth-order valence-electron chi connectivity index (χ4n) is 14.2. The number of carbonyl (C=O) groups is 11. The highest BCUT2D eigenvalue weighted by atomic mass is 35.5. The molecule has 41 nitrogen and oxygen atoms in total. The number of aromatic nitrogens is 11. The number of benzene rings is 1. The minimum atomic E-state index is -1.06. The Kier molecular flexibility index (Phi) is 33.6. The zero-order valence-corrected chi connectivity index (χ0v) is 72.3. The van der Waals surface area contributed by atoms with Crippen molar-refractivity contribution in [1.29, 1.82) is 0 Å². The second-order valence-electron chi connectivity index (χ2n) is 30.0. The summed E-state index contributed by atoms with van der Waals surface area (Å²) >= 11 is 7.96. The number of nitrogens with zero attached hydrogens (tertiary/aromatic N) is 13. The van der Waals surface area contributed by atoms with Crippen molar-refractivity contribution in [1.82, 2.24) is 100.0 Å². The number of nitrogens with one attached hydrogen (secondary N) is 12. The Balaban J connectivity index is 0.467. The molecule has 666 valence electrons. The van der Waals surface area contributed by atoms with Gasteiger partial charge in [0.25, 0.3) is 29.5 Å². The third-order valence-electron chi connectivity index (χ3n) is 20.8. The van der Waals surface area contributed by atoms with Crippen LogP contribution in [0.3, 0.4) is 0 Å². The Labute approximate surface area is 724 Å². The normalized spacial score (nSPS) is 14.4. The Morgan fingerprint density at radius 1 is 0.540 bits per heavy atom. The molecule has 8 aromatic rings. The zero-order chi connectivity index (χ0) is 88.4. The van der Waals surface area contributed by atoms with Crippen molar-refractivity contribution in [2.75, 3.05) is 153 Å². The predicted octanol–water partition coefficient (Wildman–Crippen LogP) is 2.43. The van der Waals surface area contributed by atoms with E-state index in [1.807, 2.05) is 31.2 Å². The van der Waals surface area contributed by atoms with Gasteiger partial charge in [-0.3, -0.25) is 62.3 Å². The molecule has 3 aliphatic rings. The summed E-state index contributed by atoms with van der Waals surface area (Å²) < 4.78 is 37.9. The Morgan fingerprint density at radius 2 is 1.07 bits per heavy atom. The predicted molar refractivity (Wildman–Crippen MR) is 458 cm³/mol. The Hall–Kier alpha value is -11.9. The average Bonchev–Trinajstić information content (AvgIpc) is 1.59. The lowest BCUT2D eigenvalue weighted by atomic mass is 9.87. The number of fused-ring (bicyclic) bond motifs is 3. The number of ether oxygens (including phenoxy) is 5. The molecule has 11 amide bonds. The number of halogens is 1. The van der Waals surface area contributed by atoms with E-state index in [4.69, 9.17) is 40.3 Å². The number of carbonyl (C=O) groups excluding carboxylic acids is 11. The van der Waals surface area contributed by atoms with Crippen LogP contribution in [-0.4, -0.2) is 271 Å². The number of aryl methyl sites for hydroxylation is 7. The van der Waals surface area contributed by atoms with Gasteiger partial charge < -0.3 is 115 Å². The molecule has 10 heterocycles. The molecule has 2 saturated heterocycles. The minimum absolute atomic E-state index is 0.00172. The maximum absolute atomic E-state index is 13.8. The molecule has 0 spiro atoms. The molecule has 0 unspecified atom stereocenters. The third-order valence-corrected chi connectivity index (χ3v) is 22.3. The summed E-state index contributed by atoms with van der Waals surface area (Å²) in [5, 5.41) is 44.4. The lowest BCUT2D eigenvalue weighted by molar-refractivity contribution is -0.135. The standard InChI is InChI=1S/C81H108ClN25O16S/c1-50-51(2)124-79-68(50)69(53-9-11-54(82)12-10-53)93-58(70-100-99-52(3)107(70)79)45-67(112)90-55-16-29-106(30-17-55)32-36-122-40-37-119-33-18-66(111)98-81(19-24-83-25-20-81)80(118)89-28-35-121-39-42-123-41-38-120-34-27-84-63(108)13-21-88-76(115)72-96-61(48-104(72)7)94-64(109)14-22-87-75(114)60-44-57(47-103(60)6)92-78(117)73-97-62(49-105(73)8)95-65(110)15-23-86-74(113)59-43-56(46-102(59)5)91-77(116)71-85-26-31-101(71)4/h9-12,26,31,43-44,46-49,55,58,83H,13-25,27-30,32-42,45H2,1-8H3,(H,84,108)(H,86,113)(H,87,114)(H,88,115)(H,89,118)(H,90,112)(H,91,116)(H,92,117)(H,94,109)(H,95,110)(H,98,111)/t58-/m0/s1. The number of hydrogen-bond acceptors (Lipinski definition) is 25. The number of thiophene rings is 1. The number of likely N-dealkylation sites (tertiary alicyclic amines) is 1. The van der Waals surface area contributed by atoms with Crippen LogP contribution in [0.2, 0.25) is 5.02 Å². The van der Waals surface area contributed by atoms with E-state index in [0.29, 0.717) is 62.3 Å². The summed E-state index contributed by atoms with van der Waals surface area (Å²) in [6.45, 7) is 12.8. The highest BCUT2D eigenvalue weighted by Crippen LogP contribution is 2.40. The molecule has 0 bridgehead atoms. The molecule has 2 fully saturated rings. The second-order valence-corrected chi connectivity index (χ2v) is 31.7. The van der Waals surface area contributed by atoms with Gasteiger partial charge in [-0.15, -0.1) is 21.5 Å². The number of rotatable bonds is 45. The largest absolute Gasteiger partial charge is 0.379 e. The van der Waals surface area contributed by atoms with Gasteiger partial charge in [0.1, 0.15) is 33.8 Å². The van der Waals surface area contributed by atoms with E-state index >= 15 is 0 Å². The van der Waals surface area contributed by atoms with Crippen LogP contribution in [0.1, 0.15) is 150 Å². The molecular formula is C81H108ClN25O16S. The molecule has 0 saturated carbocycles. The van der Waals surface area contributed by atoms with E-state index in [1.165, 1.54) is 60.1 Å². The SMILES string of the molecule is Cc1sc2c(c1C)C(c1ccc(Cl)cc1)=N[C@@H](CC(=O)NC1CCN(CCOCCOCCC(=O)NC3(C(=O)NCCOCCOCCOCCNC(=O)CCNC(=O)c4nc(NC(=O)CCNC(=O)c5cc(NC(=O)c6nc(NC(=O)CCNC(=O)c7cc(NC(=O)c8nccn8C)cn7C)cn6C)cn5C)cn4C)CCNCC3)CC1)c1nnc(C)n1-2. The first kappa shape index (κ1) is 92.8. The highest BCUT2D eigenvalue weighted by Gasteiger charge is 2.41. The molecule has 1 atom stereocenters. The van der Waals surface area contributed by atoms with Crippen LogP contribution in [0, 0.1) is 20.8 Å². The van der Waals surface area contributed by atoms with Crippen molar-refractivity contribution in [3.05, 3.63) is 141 Å². The van der Waals surface area contributed by atoms with Gasteiger partial charge in [0.15, 0.2) is 23.3 Å². The van der Waals surface area contributed by atoms with Gasteiger partial charge >= 0.3 is 0 Å². The lowest BCUT2D eigenvalue weighted by Crippen LogP contribution is -2.63. The molecule has 12 N–H and O–H groups in total. The molecule has 3 aliphatic heterocycles. The van der Waals surface area contributed by atoms with Crippen molar-refractivity contribution >= 4 is 117 Å². The van der Waals surface area contributed by atoms with Crippen LogP contribution in [0.4, 0.5) is 23.0 Å². The van der Waals surface area contributed by atoms with Gasteiger partial charge in [-0.05, 0) is 89.4 Å². The maximum Gasteiger partial charge on any atom is 0.291 e. The third kappa shape index (κ3) is 25.9. The number of hydrogen-bond donors (Lipinski definition) is 12. The second kappa shape index (κ2) is 44.9. The molecule has 7 aromatic heterocycles. The fourth-order valence-corrected chi connectivity index (χ4v) is 15.5. The van der Waals surface area contributed by atoms with Gasteiger partial charge in [0.2, 0.25) is 47.1 Å². The first-order chi connectivity index (χ1) is 59.7. The Morgan fingerprint density at radius 3 is 1.65 bits per heavy atom. The minimum Gasteiger partial charge on any atom is -0.379 e. The molecule has 0 aliphatic carbocycles. The molecule has 11 rings (SSSR count). The van der Waals surface area contributed by atoms with Crippen molar-refractivity contribution < 1.29 is 76.4 Å². The highest BCUT2D eigenvalue weighted by molar-refractivity contribution is 7.15. The van der Waals surface area contributed by atoms with Crippen LogP contribution in [-0.2, 0) is 87.7 Å². The summed E-state index contributed by atoms with van der Waals surface area (Å²) in [6, 6.07) is 10.0. The number of piperidine rings is 2. The molecular weight excluding hydrogens is 1650 g/mol. The lowest BCUT2D eigenvalue weighted by Gasteiger charge is -2.37. The van der Waals surface area contributed by atoms with Crippen LogP contribution < -0.4 is 63.8 Å². The van der Waals surface area contributed by atoms with E-state index in [0.717, 1.165) is 65.7 Å². The average molecular weight is 1760 g/mol. The number of imidazole rings is 3. The first-order valence-corrected chi connectivity index (χ1v) is 42.2. The van der Waals surface area contributed by atoms with Gasteiger partial charge in [-0.1, -0.05) is 23.7 Å². The van der Waals surface area contributed by atoms with Gasteiger partial charge in [0.05, 0.1) is 89.6 Å². The number of anilines is 4. The molecule has 124 heavy (non-hydrogen) atoms. The van der Waals surface area contributed by atoms with E-state index in [9.17, 15) is 52.7 Å². The Bertz CT molecular complexity index is 5120. The summed E-state index contributed by atoms with van der Waals surface area (Å²) in [4.78, 5) is 165. The van der Waals surface area contributed by atoms with Crippen LogP contribution in [0.5, 0.6) is 0 Å². The maximum atomic E-state index is 13.8. The van der Waals surface area contributed by atoms with Crippen molar-refractivity contribution in [2.24, 2.45) is 40.2 Å². The monoisotopic (exact) mass is 1750 g/mol. The van der Waals surface area contributed by atoms with Crippen LogP contribution in [0.25, 0.3) is 5.00 Å². The first-order valence-electron chi connectivity index (χ1n) is 41.0. The summed E-state index contributed by atoms with van der Waals surface area (Å²) in [6.07, 6.45) is 11.4. The topological polar surface area (TPSA) is 488 Å². The summed E-state index contributed by atoms with van der Waals surface area (Å²) in [5.74, 6) is -3.02. The van der Waals surface area contributed by atoms with E-state index in [1.54, 1.807) is 63.5 Å². The smallest absolute Gasteiger partial charge is 0.291 e. The number of amides is 11. The zero-order valence-electron chi connectivity index (χ0n) is 70.7. The molecule has 1 aromatic carbocycles. The summed E-state index contributed by atoms with van der Waals surface area (Å²) in [5.41, 5.74) is 3.84. The van der Waals surface area contributed by atoms with Crippen molar-refractivity contribution in [3.8, 4) is 5.00 Å². The van der Waals surface area contributed by atoms with E-state index in [-0.39, 0.29) is 187 Å².